The fraction of sp³-hybridized carbons (Fsp3) is 0.368. The number of para-hydroxylation sites is 1. The van der Waals surface area contributed by atoms with Crippen LogP contribution in [-0.4, -0.2) is 13.0 Å². The van der Waals surface area contributed by atoms with Crippen LogP contribution in [0.4, 0.5) is 0 Å². The molecule has 0 fully saturated rings. The molecule has 0 saturated heterocycles. The molecule has 0 unspecified atom stereocenters. The molecule has 0 aliphatic heterocycles. The fourth-order valence-corrected chi connectivity index (χ4v) is 3.37. The largest absolute Gasteiger partial charge is 1.00 e. The average Bonchev–Trinajstić information content (AvgIpc) is 2.56. The minimum absolute atomic E-state index is 0. The van der Waals surface area contributed by atoms with Gasteiger partial charge in [0.05, 0.1) is 0 Å². The Morgan fingerprint density at radius 3 is 2.27 bits per heavy atom. The summed E-state index contributed by atoms with van der Waals surface area (Å²) < 4.78 is 38.4. The topological polar surface area (TPSA) is 86.7 Å². The normalized spacial score (nSPS) is 11.0. The molecule has 2 rings (SSSR count). The monoisotopic (exact) mass is 402 g/mol. The van der Waals surface area contributed by atoms with Gasteiger partial charge in [-0.15, -0.1) is 0 Å². The standard InChI is InChI=1S/C19H24O5S.K/c1-2-3-4-5-7-10-15-13-14-17(19(18(15)20)25(21,22)23)24-16-11-8-6-9-12-16;/h6,8-9,11-14,20H,2-5,7,10H2,1H3,(H,21,22,23);/q;+1/p-1. The Kier molecular flexibility index (Phi) is 10.4. The van der Waals surface area contributed by atoms with Gasteiger partial charge >= 0.3 is 51.4 Å². The van der Waals surface area contributed by atoms with E-state index < -0.39 is 20.8 Å². The minimum atomic E-state index is -4.68. The molecule has 2 aromatic carbocycles. The summed E-state index contributed by atoms with van der Waals surface area (Å²) in [5.74, 6) is -0.459. The zero-order valence-corrected chi connectivity index (χ0v) is 19.2. The molecule has 7 heteroatoms. The third-order valence-electron chi connectivity index (χ3n) is 3.94. The van der Waals surface area contributed by atoms with E-state index >= 15 is 0 Å². The number of hydrogen-bond acceptors (Lipinski definition) is 4. The first-order chi connectivity index (χ1) is 11.9. The summed E-state index contributed by atoms with van der Waals surface area (Å²) in [6.07, 6.45) is 5.63. The van der Waals surface area contributed by atoms with Crippen molar-refractivity contribution >= 4 is 10.1 Å². The molecule has 0 heterocycles. The number of aryl methyl sites for hydroxylation is 1. The van der Waals surface area contributed by atoms with Crippen molar-refractivity contribution in [1.82, 2.24) is 0 Å². The van der Waals surface area contributed by atoms with E-state index in [4.69, 9.17) is 4.74 Å². The van der Waals surface area contributed by atoms with Crippen LogP contribution in [0.15, 0.2) is 47.4 Å². The molecule has 1 N–H and O–H groups in total. The van der Waals surface area contributed by atoms with Crippen LogP contribution in [0.2, 0.25) is 0 Å². The molecule has 0 spiro atoms. The van der Waals surface area contributed by atoms with Crippen LogP contribution >= 0.6 is 0 Å². The molecule has 0 radical (unpaired) electrons. The van der Waals surface area contributed by atoms with Gasteiger partial charge in [0.1, 0.15) is 16.4 Å². The first-order valence-corrected chi connectivity index (χ1v) is 9.90. The average molecular weight is 403 g/mol. The molecular formula is C19H23KO5S. The summed E-state index contributed by atoms with van der Waals surface area (Å²) >= 11 is 0. The molecule has 136 valence electrons. The third-order valence-corrected chi connectivity index (χ3v) is 4.84. The molecule has 0 aliphatic rings. The summed E-state index contributed by atoms with van der Waals surface area (Å²) in [5, 5.41) is 12.5. The van der Waals surface area contributed by atoms with Crippen molar-refractivity contribution in [3.63, 3.8) is 0 Å². The molecule has 0 saturated carbocycles. The second-order valence-electron chi connectivity index (χ2n) is 5.94. The van der Waals surface area contributed by atoms with E-state index in [1.165, 1.54) is 6.07 Å². The molecule has 0 atom stereocenters. The summed E-state index contributed by atoms with van der Waals surface area (Å²) in [6.45, 7) is 2.12. The van der Waals surface area contributed by atoms with Gasteiger partial charge in [0.15, 0.2) is 0 Å². The molecular weight excluding hydrogens is 379 g/mol. The van der Waals surface area contributed by atoms with Gasteiger partial charge in [-0.25, -0.2) is 0 Å². The first kappa shape index (κ1) is 23.6. The molecule has 2 aromatic rings. The summed E-state index contributed by atoms with van der Waals surface area (Å²) in [5.41, 5.74) is 0.379. The van der Waals surface area contributed by atoms with E-state index in [1.807, 2.05) is 0 Å². The van der Waals surface area contributed by atoms with Crippen LogP contribution in [0.25, 0.3) is 0 Å². The summed E-state index contributed by atoms with van der Waals surface area (Å²) in [6, 6.07) is 11.5. The maximum absolute atomic E-state index is 12.5. The zero-order chi connectivity index (χ0) is 18.3. The number of hydrogen-bond donors (Lipinski definition) is 1. The second kappa shape index (κ2) is 11.4. The van der Waals surface area contributed by atoms with E-state index in [0.29, 0.717) is 17.7 Å². The van der Waals surface area contributed by atoms with Gasteiger partial charge in [0, 0.05) is 0 Å². The van der Waals surface area contributed by atoms with Gasteiger partial charge in [0.2, 0.25) is 0 Å². The number of unbranched alkanes of at least 4 members (excludes halogenated alkanes) is 4. The number of rotatable bonds is 9. The Hall–Kier alpha value is -0.414. The number of benzene rings is 2. The molecule has 0 amide bonds. The number of ether oxygens (including phenoxy) is 1. The Morgan fingerprint density at radius 1 is 1.00 bits per heavy atom. The molecule has 0 aliphatic carbocycles. The Labute approximate surface area is 198 Å². The van der Waals surface area contributed by atoms with Gasteiger partial charge in [-0.3, -0.25) is 4.55 Å². The van der Waals surface area contributed by atoms with Crippen molar-refractivity contribution in [2.45, 2.75) is 50.3 Å². The SMILES string of the molecule is CCCCCCCc1ccc(Oc2ccccc2)c(S(=O)(=O)O)c1[O-].[K+]. The van der Waals surface area contributed by atoms with Crippen molar-refractivity contribution < 1.29 is 74.2 Å². The van der Waals surface area contributed by atoms with Gasteiger partial charge in [-0.2, -0.15) is 8.42 Å². The molecule has 26 heavy (non-hydrogen) atoms. The minimum Gasteiger partial charge on any atom is -0.871 e. The van der Waals surface area contributed by atoms with Crippen molar-refractivity contribution in [1.29, 1.82) is 0 Å². The molecule has 0 aromatic heterocycles. The van der Waals surface area contributed by atoms with Crippen LogP contribution in [0.1, 0.15) is 44.6 Å². The summed E-state index contributed by atoms with van der Waals surface area (Å²) in [7, 11) is -4.68. The van der Waals surface area contributed by atoms with Gasteiger partial charge in [-0.05, 0) is 31.0 Å². The van der Waals surface area contributed by atoms with Gasteiger partial charge in [0.25, 0.3) is 10.1 Å². The van der Waals surface area contributed by atoms with Gasteiger partial charge in [-0.1, -0.05) is 68.2 Å². The Morgan fingerprint density at radius 2 is 1.65 bits per heavy atom. The van der Waals surface area contributed by atoms with Crippen LogP contribution in [-0.2, 0) is 16.5 Å². The van der Waals surface area contributed by atoms with Crippen molar-refractivity contribution in [3.8, 4) is 17.2 Å². The third kappa shape index (κ3) is 6.96. The quantitative estimate of drug-likeness (QED) is 0.388. The van der Waals surface area contributed by atoms with Gasteiger partial charge < -0.3 is 9.84 Å². The van der Waals surface area contributed by atoms with E-state index in [9.17, 15) is 18.1 Å². The van der Waals surface area contributed by atoms with Crippen molar-refractivity contribution in [2.75, 3.05) is 0 Å². The predicted octanol–water partition coefficient (Wildman–Crippen LogP) is 1.32. The molecule has 5 nitrogen and oxygen atoms in total. The van der Waals surface area contributed by atoms with E-state index in [1.54, 1.807) is 36.4 Å². The summed E-state index contributed by atoms with van der Waals surface area (Å²) in [4.78, 5) is -0.692. The van der Waals surface area contributed by atoms with E-state index in [-0.39, 0.29) is 57.1 Å². The second-order valence-corrected chi connectivity index (χ2v) is 7.29. The fourth-order valence-electron chi connectivity index (χ4n) is 2.64. The maximum Gasteiger partial charge on any atom is 1.00 e. The first-order valence-electron chi connectivity index (χ1n) is 8.46. The van der Waals surface area contributed by atoms with E-state index in [0.717, 1.165) is 32.1 Å². The van der Waals surface area contributed by atoms with Crippen LogP contribution < -0.4 is 61.2 Å². The predicted molar refractivity (Wildman–Crippen MR) is 94.7 cm³/mol. The Bertz CT molecular complexity index is 791. The van der Waals surface area contributed by atoms with E-state index in [2.05, 4.69) is 6.92 Å². The maximum atomic E-state index is 12.5. The van der Waals surface area contributed by atoms with Crippen LogP contribution in [0.5, 0.6) is 17.2 Å². The zero-order valence-electron chi connectivity index (χ0n) is 15.3. The molecule has 0 bridgehead atoms. The smallest absolute Gasteiger partial charge is 0.871 e. The van der Waals surface area contributed by atoms with Crippen molar-refractivity contribution in [2.24, 2.45) is 0 Å². The van der Waals surface area contributed by atoms with Crippen molar-refractivity contribution in [3.05, 3.63) is 48.0 Å². The van der Waals surface area contributed by atoms with Crippen LogP contribution in [0, 0.1) is 0 Å². The van der Waals surface area contributed by atoms with Crippen LogP contribution in [0.3, 0.4) is 0 Å². The Balaban J connectivity index is 0.00000338.